The average molecular weight is 364 g/mol. The van der Waals surface area contributed by atoms with Gasteiger partial charge >= 0.3 is 0 Å². The van der Waals surface area contributed by atoms with Crippen molar-refractivity contribution < 1.29 is 9.21 Å². The van der Waals surface area contributed by atoms with E-state index in [1.165, 1.54) is 22.5 Å². The SMILES string of the molecule is CCc1ccc2oc(C(=O)Nc3nc4c(C)cc(C)cc4s3)c(C)c2c1. The molecule has 2 heterocycles. The molecule has 2 aromatic carbocycles. The highest BCUT2D eigenvalue weighted by atomic mass is 32.1. The third-order valence-electron chi connectivity index (χ3n) is 4.67. The smallest absolute Gasteiger partial charge is 0.293 e. The van der Waals surface area contributed by atoms with Crippen LogP contribution in [0.2, 0.25) is 0 Å². The van der Waals surface area contributed by atoms with Crippen molar-refractivity contribution in [1.29, 1.82) is 0 Å². The Morgan fingerprint density at radius 3 is 2.77 bits per heavy atom. The van der Waals surface area contributed by atoms with Crippen LogP contribution in [0, 0.1) is 20.8 Å². The quantitative estimate of drug-likeness (QED) is 0.501. The first-order valence-electron chi connectivity index (χ1n) is 8.67. The zero-order valence-electron chi connectivity index (χ0n) is 15.3. The maximum absolute atomic E-state index is 12.7. The Morgan fingerprint density at radius 2 is 2.00 bits per heavy atom. The molecule has 0 aliphatic rings. The highest BCUT2D eigenvalue weighted by molar-refractivity contribution is 7.22. The Kier molecular flexibility index (Phi) is 4.04. The van der Waals surface area contributed by atoms with E-state index in [4.69, 9.17) is 4.42 Å². The molecular weight excluding hydrogens is 344 g/mol. The molecule has 0 bridgehead atoms. The number of hydrogen-bond donors (Lipinski definition) is 1. The molecule has 0 aliphatic heterocycles. The van der Waals surface area contributed by atoms with E-state index >= 15 is 0 Å². The van der Waals surface area contributed by atoms with Gasteiger partial charge in [-0.25, -0.2) is 4.98 Å². The number of carbonyl (C=O) groups excluding carboxylic acids is 1. The lowest BCUT2D eigenvalue weighted by atomic mass is 10.1. The average Bonchev–Trinajstić information content (AvgIpc) is 3.15. The molecule has 4 nitrogen and oxygen atoms in total. The predicted octanol–water partition coefficient (Wildman–Crippen LogP) is 5.78. The molecule has 132 valence electrons. The van der Waals surface area contributed by atoms with Crippen LogP contribution < -0.4 is 5.32 Å². The van der Waals surface area contributed by atoms with E-state index in [1.807, 2.05) is 26.0 Å². The summed E-state index contributed by atoms with van der Waals surface area (Å²) in [6.45, 7) is 8.13. The number of nitrogens with one attached hydrogen (secondary N) is 1. The Morgan fingerprint density at radius 1 is 1.19 bits per heavy atom. The van der Waals surface area contributed by atoms with Crippen molar-refractivity contribution in [2.45, 2.75) is 34.1 Å². The molecule has 0 radical (unpaired) electrons. The lowest BCUT2D eigenvalue weighted by molar-refractivity contribution is 0.0998. The minimum Gasteiger partial charge on any atom is -0.451 e. The number of benzene rings is 2. The largest absolute Gasteiger partial charge is 0.451 e. The van der Waals surface area contributed by atoms with Gasteiger partial charge in [0.05, 0.1) is 10.2 Å². The molecule has 2 aromatic heterocycles. The Bertz CT molecular complexity index is 1150. The first-order chi connectivity index (χ1) is 12.5. The van der Waals surface area contributed by atoms with Crippen LogP contribution >= 0.6 is 11.3 Å². The molecule has 1 N–H and O–H groups in total. The number of carbonyl (C=O) groups is 1. The van der Waals surface area contributed by atoms with Crippen LogP contribution in [0.3, 0.4) is 0 Å². The van der Waals surface area contributed by atoms with Crippen molar-refractivity contribution in [2.24, 2.45) is 0 Å². The van der Waals surface area contributed by atoms with Crippen molar-refractivity contribution in [1.82, 2.24) is 4.98 Å². The second-order valence-electron chi connectivity index (χ2n) is 6.64. The minimum absolute atomic E-state index is 0.259. The summed E-state index contributed by atoms with van der Waals surface area (Å²) >= 11 is 1.48. The molecule has 0 spiro atoms. The fourth-order valence-corrected chi connectivity index (χ4v) is 4.32. The van der Waals surface area contributed by atoms with Gasteiger partial charge in [-0.15, -0.1) is 0 Å². The fraction of sp³-hybridized carbons (Fsp3) is 0.238. The molecule has 0 atom stereocenters. The first kappa shape index (κ1) is 16.8. The van der Waals surface area contributed by atoms with Gasteiger partial charge in [0, 0.05) is 10.9 Å². The highest BCUT2D eigenvalue weighted by Gasteiger charge is 2.19. The number of anilines is 1. The van der Waals surface area contributed by atoms with Crippen LogP contribution in [0.15, 0.2) is 34.7 Å². The summed E-state index contributed by atoms with van der Waals surface area (Å²) in [4.78, 5) is 17.3. The number of hydrogen-bond acceptors (Lipinski definition) is 4. The van der Waals surface area contributed by atoms with Crippen LogP contribution in [0.4, 0.5) is 5.13 Å². The maximum Gasteiger partial charge on any atom is 0.293 e. The van der Waals surface area contributed by atoms with Gasteiger partial charge in [-0.05, 0) is 62.1 Å². The summed E-state index contributed by atoms with van der Waals surface area (Å²) in [6, 6.07) is 10.2. The summed E-state index contributed by atoms with van der Waals surface area (Å²) in [6.07, 6.45) is 0.951. The van der Waals surface area contributed by atoms with Gasteiger partial charge in [-0.2, -0.15) is 0 Å². The molecule has 0 saturated carbocycles. The first-order valence-corrected chi connectivity index (χ1v) is 9.49. The zero-order chi connectivity index (χ0) is 18.4. The van der Waals surface area contributed by atoms with Crippen LogP contribution in [-0.4, -0.2) is 10.9 Å². The number of nitrogens with zero attached hydrogens (tertiary/aromatic N) is 1. The standard InChI is InChI=1S/C21H20N2O2S/c1-5-14-6-7-16-15(10-14)13(4)19(25-16)20(24)23-21-22-18-12(3)8-11(2)9-17(18)26-21/h6-10H,5H2,1-4H3,(H,22,23,24). The monoisotopic (exact) mass is 364 g/mol. The summed E-state index contributed by atoms with van der Waals surface area (Å²) < 4.78 is 6.89. The van der Waals surface area contributed by atoms with E-state index in [1.54, 1.807) is 0 Å². The van der Waals surface area contributed by atoms with E-state index in [0.29, 0.717) is 10.9 Å². The summed E-state index contributed by atoms with van der Waals surface area (Å²) in [5.74, 6) is 0.0885. The Hall–Kier alpha value is -2.66. The van der Waals surface area contributed by atoms with Gasteiger partial charge in [0.1, 0.15) is 5.58 Å². The van der Waals surface area contributed by atoms with Gasteiger partial charge in [-0.1, -0.05) is 30.4 Å². The number of fused-ring (bicyclic) bond motifs is 2. The zero-order valence-corrected chi connectivity index (χ0v) is 16.1. The van der Waals surface area contributed by atoms with Gasteiger partial charge in [0.25, 0.3) is 5.91 Å². The van der Waals surface area contributed by atoms with Crippen LogP contribution in [0.1, 0.15) is 39.7 Å². The Labute approximate surface area is 155 Å². The van der Waals surface area contributed by atoms with Crippen LogP contribution in [0.25, 0.3) is 21.2 Å². The summed E-state index contributed by atoms with van der Waals surface area (Å²) in [5, 5.41) is 4.48. The molecule has 0 fully saturated rings. The summed E-state index contributed by atoms with van der Waals surface area (Å²) in [7, 11) is 0. The van der Waals surface area contributed by atoms with Gasteiger partial charge < -0.3 is 4.42 Å². The number of furan rings is 1. The molecule has 1 amide bonds. The van der Waals surface area contributed by atoms with Crippen molar-refractivity contribution >= 4 is 43.6 Å². The maximum atomic E-state index is 12.7. The van der Waals surface area contributed by atoms with E-state index < -0.39 is 0 Å². The molecular formula is C21H20N2O2S. The molecule has 4 rings (SSSR count). The number of aryl methyl sites for hydroxylation is 4. The molecule has 4 aromatic rings. The number of thiazole rings is 1. The molecule has 0 saturated heterocycles. The van der Waals surface area contributed by atoms with Gasteiger partial charge in [0.2, 0.25) is 0 Å². The second-order valence-corrected chi connectivity index (χ2v) is 7.67. The number of rotatable bonds is 3. The molecule has 0 unspecified atom stereocenters. The van der Waals surface area contributed by atoms with E-state index in [9.17, 15) is 4.79 Å². The van der Waals surface area contributed by atoms with Crippen molar-refractivity contribution in [3.05, 3.63) is 58.3 Å². The molecule has 26 heavy (non-hydrogen) atoms. The highest BCUT2D eigenvalue weighted by Crippen LogP contribution is 2.31. The fourth-order valence-electron chi connectivity index (χ4n) is 3.28. The van der Waals surface area contributed by atoms with Crippen LogP contribution in [0.5, 0.6) is 0 Å². The van der Waals surface area contributed by atoms with E-state index in [2.05, 4.69) is 42.3 Å². The molecule has 0 aliphatic carbocycles. The summed E-state index contributed by atoms with van der Waals surface area (Å²) in [5.41, 5.74) is 6.07. The van der Waals surface area contributed by atoms with E-state index in [-0.39, 0.29) is 5.91 Å². The topological polar surface area (TPSA) is 55.1 Å². The number of amides is 1. The number of aromatic nitrogens is 1. The van der Waals surface area contributed by atoms with Crippen molar-refractivity contribution in [2.75, 3.05) is 5.32 Å². The normalized spacial score (nSPS) is 11.4. The lowest BCUT2D eigenvalue weighted by Gasteiger charge is -1.99. The lowest BCUT2D eigenvalue weighted by Crippen LogP contribution is -2.11. The van der Waals surface area contributed by atoms with E-state index in [0.717, 1.165) is 38.7 Å². The van der Waals surface area contributed by atoms with Crippen molar-refractivity contribution in [3.8, 4) is 0 Å². The van der Waals surface area contributed by atoms with Crippen LogP contribution in [-0.2, 0) is 6.42 Å². The Balaban J connectivity index is 1.69. The second kappa shape index (κ2) is 6.25. The van der Waals surface area contributed by atoms with Crippen molar-refractivity contribution in [3.63, 3.8) is 0 Å². The van der Waals surface area contributed by atoms with Gasteiger partial charge in [-0.3, -0.25) is 10.1 Å². The minimum atomic E-state index is -0.259. The van der Waals surface area contributed by atoms with Gasteiger partial charge in [0.15, 0.2) is 10.9 Å². The third-order valence-corrected chi connectivity index (χ3v) is 5.58. The molecule has 5 heteroatoms. The predicted molar refractivity (Wildman–Crippen MR) is 107 cm³/mol. The third kappa shape index (κ3) is 2.78.